The Morgan fingerprint density at radius 3 is 1.97 bits per heavy atom. The van der Waals surface area contributed by atoms with Gasteiger partial charge in [-0.25, -0.2) is 0 Å². The number of anilines is 1. The van der Waals surface area contributed by atoms with Gasteiger partial charge in [-0.3, -0.25) is 9.00 Å². The summed E-state index contributed by atoms with van der Waals surface area (Å²) in [5, 5.41) is 1.46. The predicted molar refractivity (Wildman–Crippen MR) is 119 cm³/mol. The van der Waals surface area contributed by atoms with Crippen LogP contribution >= 0.6 is 0 Å². The summed E-state index contributed by atoms with van der Waals surface area (Å²) in [7, 11) is 5.02. The van der Waals surface area contributed by atoms with Crippen molar-refractivity contribution in [3.63, 3.8) is 0 Å². The van der Waals surface area contributed by atoms with E-state index < -0.39 is 40.5 Å². The maximum atomic E-state index is 13.5. The monoisotopic (exact) mass is 538 g/mol. The fraction of sp³-hybridized carbons (Fsp3) is 0.318. The number of hydrogen-bond donors (Lipinski definition) is 1. The Bertz CT molecular complexity index is 1170. The molecule has 0 radical (unpaired) electrons. The Balaban J connectivity index is 2.78. The van der Waals surface area contributed by atoms with E-state index in [0.29, 0.717) is 11.3 Å². The molecule has 0 spiro atoms. The summed E-state index contributed by atoms with van der Waals surface area (Å²) in [6.45, 7) is 0. The zero-order chi connectivity index (χ0) is 27.3. The van der Waals surface area contributed by atoms with Crippen molar-refractivity contribution in [3.05, 3.63) is 53.1 Å². The van der Waals surface area contributed by atoms with Crippen molar-refractivity contribution < 1.29 is 54.5 Å². The quantitative estimate of drug-likeness (QED) is 0.208. The number of para-hydroxylation sites is 1. The number of amides is 1. The van der Waals surface area contributed by atoms with E-state index in [1.54, 1.807) is 24.3 Å². The molecule has 1 atom stereocenters. The van der Waals surface area contributed by atoms with Gasteiger partial charge in [-0.2, -0.15) is 22.0 Å². The van der Waals surface area contributed by atoms with E-state index in [0.717, 1.165) is 19.2 Å². The first-order chi connectivity index (χ1) is 16.8. The van der Waals surface area contributed by atoms with Gasteiger partial charge in [0.15, 0.2) is 11.5 Å². The van der Waals surface area contributed by atoms with Crippen LogP contribution in [-0.2, 0) is 31.1 Å². The van der Waals surface area contributed by atoms with E-state index in [-0.39, 0.29) is 28.4 Å². The predicted octanol–water partition coefficient (Wildman–Crippen LogP) is 4.34. The Morgan fingerprint density at radius 2 is 1.47 bits per heavy atom. The van der Waals surface area contributed by atoms with Crippen LogP contribution in [0.4, 0.5) is 27.6 Å². The van der Waals surface area contributed by atoms with Gasteiger partial charge in [0, 0.05) is 11.3 Å². The second-order valence-electron chi connectivity index (χ2n) is 6.95. The van der Waals surface area contributed by atoms with Crippen LogP contribution in [-0.4, -0.2) is 55.2 Å². The summed E-state index contributed by atoms with van der Waals surface area (Å²) in [5.41, 5.74) is -0.324. The summed E-state index contributed by atoms with van der Waals surface area (Å²) in [4.78, 5) is 11.7. The summed E-state index contributed by atoms with van der Waals surface area (Å²) < 4.78 is 109. The average Bonchev–Trinajstić information content (AvgIpc) is 2.81. The van der Waals surface area contributed by atoms with Gasteiger partial charge >= 0.3 is 18.0 Å². The molecule has 36 heavy (non-hydrogen) atoms. The minimum atomic E-state index is -6.16. The van der Waals surface area contributed by atoms with Gasteiger partial charge in [-0.1, -0.05) is 23.2 Å². The molecule has 14 heteroatoms. The zero-order valence-electron chi connectivity index (χ0n) is 19.3. The molecule has 2 aromatic rings. The second-order valence-corrected chi connectivity index (χ2v) is 7.85. The van der Waals surface area contributed by atoms with E-state index in [4.69, 9.17) is 18.9 Å². The van der Waals surface area contributed by atoms with Crippen molar-refractivity contribution in [2.24, 2.45) is 0 Å². The van der Waals surface area contributed by atoms with Crippen molar-refractivity contribution in [3.8, 4) is 11.5 Å². The average molecular weight is 538 g/mol. The van der Waals surface area contributed by atoms with E-state index in [1.807, 2.05) is 0 Å². The van der Waals surface area contributed by atoms with Crippen molar-refractivity contribution >= 4 is 34.2 Å². The molecule has 0 fully saturated rings. The molecular weight excluding hydrogens is 517 g/mol. The molecule has 1 N–H and O–H groups in total. The Kier molecular flexibility index (Phi) is 9.26. The normalized spacial score (nSPS) is 13.4. The van der Waals surface area contributed by atoms with Crippen molar-refractivity contribution in [1.82, 2.24) is 0 Å². The molecule has 198 valence electrons. The molecule has 1 unspecified atom stereocenters. The maximum Gasteiger partial charge on any atom is 0.463 e. The van der Waals surface area contributed by atoms with E-state index in [2.05, 4.69) is 0 Å². The molecule has 0 saturated carbocycles. The number of methoxy groups -OCH3 is 4. The highest BCUT2D eigenvalue weighted by Crippen LogP contribution is 2.40. The van der Waals surface area contributed by atoms with Crippen molar-refractivity contribution in [2.45, 2.75) is 17.9 Å². The lowest BCUT2D eigenvalue weighted by molar-refractivity contribution is -0.267. The molecule has 0 aromatic heterocycles. The summed E-state index contributed by atoms with van der Waals surface area (Å²) >= 11 is -2.75. The molecule has 1 amide bonds. The number of nitrogens with one attached hydrogen (secondary N) is 1. The van der Waals surface area contributed by atoms with Gasteiger partial charge in [0.25, 0.3) is 0 Å². The smallest absolute Gasteiger partial charge is 0.463 e. The Morgan fingerprint density at radius 1 is 0.917 bits per heavy atom. The zero-order valence-corrected chi connectivity index (χ0v) is 20.1. The van der Waals surface area contributed by atoms with Crippen LogP contribution in [0.2, 0.25) is 0 Å². The number of rotatable bonds is 10. The lowest BCUT2D eigenvalue weighted by Crippen LogP contribution is -2.47. The highest BCUT2D eigenvalue weighted by molar-refractivity contribution is 7.78. The van der Waals surface area contributed by atoms with Crippen LogP contribution < -0.4 is 14.8 Å². The largest absolute Gasteiger partial charge is 0.772 e. The van der Waals surface area contributed by atoms with Gasteiger partial charge in [0.1, 0.15) is 11.5 Å². The van der Waals surface area contributed by atoms with Crippen molar-refractivity contribution in [2.75, 3.05) is 33.8 Å². The van der Waals surface area contributed by atoms with Crippen LogP contribution in [0, 0.1) is 0 Å². The van der Waals surface area contributed by atoms with E-state index in [1.165, 1.54) is 26.6 Å². The number of benzene rings is 2. The molecule has 2 rings (SSSR count). The lowest BCUT2D eigenvalue weighted by Gasteiger charge is -2.22. The number of alkyl halides is 5. The fourth-order valence-electron chi connectivity index (χ4n) is 3.16. The summed E-state index contributed by atoms with van der Waals surface area (Å²) in [5.74, 6) is -9.08. The topological polar surface area (TPSA) is 106 Å². The molecular formula is C22H21F5NO7S-. The van der Waals surface area contributed by atoms with Gasteiger partial charge in [-0.15, -0.1) is 0 Å². The number of ether oxygens (including phenoxy) is 4. The van der Waals surface area contributed by atoms with Crippen LogP contribution in [0.25, 0.3) is 11.5 Å². The molecule has 0 saturated heterocycles. The minimum Gasteiger partial charge on any atom is -0.772 e. The van der Waals surface area contributed by atoms with Crippen LogP contribution in [0.1, 0.15) is 16.7 Å². The van der Waals surface area contributed by atoms with Gasteiger partial charge < -0.3 is 28.8 Å². The summed E-state index contributed by atoms with van der Waals surface area (Å²) in [6.07, 6.45) is -6.16. The maximum absolute atomic E-state index is 13.5. The summed E-state index contributed by atoms with van der Waals surface area (Å²) in [6, 6.07) is 8.59. The molecule has 0 bridgehead atoms. The standard InChI is InChI=1S/C22H22F5NO7S/c1-32-16-8-6-5-7-13(16)18(34-3)19(35-4)14-10-17(33-2)15(9-12(14)11-36(30)31)28-20(29)21(23,24)22(25,26)27/h5-10H,11H2,1-4H3,(H,28,29)(H,30,31)/p-1. The van der Waals surface area contributed by atoms with Crippen LogP contribution in [0.3, 0.4) is 0 Å². The number of halogens is 5. The molecule has 0 aliphatic rings. The molecule has 8 nitrogen and oxygen atoms in total. The van der Waals surface area contributed by atoms with Crippen LogP contribution in [0.5, 0.6) is 11.5 Å². The molecule has 0 aliphatic heterocycles. The first kappa shape index (κ1) is 28.8. The first-order valence-corrected chi connectivity index (χ1v) is 11.1. The van der Waals surface area contributed by atoms with E-state index >= 15 is 0 Å². The number of hydrogen-bond acceptors (Lipinski definition) is 7. The van der Waals surface area contributed by atoms with E-state index in [9.17, 15) is 35.5 Å². The Hall–Kier alpha value is -3.39. The first-order valence-electron chi connectivity index (χ1n) is 9.81. The molecule has 0 aliphatic carbocycles. The molecule has 2 aromatic carbocycles. The third-order valence-corrected chi connectivity index (χ3v) is 5.35. The fourth-order valence-corrected chi connectivity index (χ4v) is 3.65. The third kappa shape index (κ3) is 6.05. The van der Waals surface area contributed by atoms with Gasteiger partial charge in [0.2, 0.25) is 0 Å². The molecule has 0 heterocycles. The number of carbonyl (C=O) groups is 1. The number of carbonyl (C=O) groups excluding carboxylic acids is 1. The second kappa shape index (κ2) is 11.6. The van der Waals surface area contributed by atoms with Crippen molar-refractivity contribution in [1.29, 1.82) is 0 Å². The lowest BCUT2D eigenvalue weighted by atomic mass is 10.0. The SMILES string of the molecule is COC(=C(OC)c1ccccc1OC)c1cc(OC)c(NC(=O)C(F)(F)C(F)(F)F)cc1CS(=O)[O-]. The highest BCUT2D eigenvalue weighted by atomic mass is 32.2. The minimum absolute atomic E-state index is 0.0295. The Labute approximate surface area is 205 Å². The van der Waals surface area contributed by atoms with Gasteiger partial charge in [0.05, 0.1) is 39.7 Å². The van der Waals surface area contributed by atoms with Gasteiger partial charge in [-0.05, 0) is 29.8 Å². The van der Waals surface area contributed by atoms with Crippen LogP contribution in [0.15, 0.2) is 36.4 Å². The third-order valence-electron chi connectivity index (χ3n) is 4.80. The highest BCUT2D eigenvalue weighted by Gasteiger charge is 2.63.